The number of carbonyl (C=O) groups is 1. The van der Waals surface area contributed by atoms with Crippen LogP contribution in [0, 0.1) is 0 Å². The van der Waals surface area contributed by atoms with E-state index in [-0.39, 0.29) is 11.3 Å². The maximum absolute atomic E-state index is 10.3. The van der Waals surface area contributed by atoms with Gasteiger partial charge < -0.3 is 10.2 Å². The van der Waals surface area contributed by atoms with Crippen molar-refractivity contribution in [3.63, 3.8) is 0 Å². The predicted octanol–water partition coefficient (Wildman–Crippen LogP) is 0.161. The van der Waals surface area contributed by atoms with Gasteiger partial charge in [0.05, 0.1) is 0 Å². The minimum absolute atomic E-state index is 0.0671. The molecule has 14 heavy (non-hydrogen) atoms. The van der Waals surface area contributed by atoms with Crippen LogP contribution >= 0.6 is 0 Å². The molecule has 1 aromatic carbocycles. The highest BCUT2D eigenvalue weighted by Crippen LogP contribution is 2.14. The Hall–Kier alpha value is -1.60. The van der Waals surface area contributed by atoms with Crippen molar-refractivity contribution in [3.8, 4) is 5.75 Å². The van der Waals surface area contributed by atoms with Crippen LogP contribution in [0.15, 0.2) is 24.3 Å². The average molecular weight is 220 g/mol. The number of carboxylic acid groups (broad SMARTS) is 1. The molecule has 0 heterocycles. The van der Waals surface area contributed by atoms with Crippen LogP contribution in [0.25, 0.3) is 0 Å². The summed E-state index contributed by atoms with van der Waals surface area (Å²) in [5, 5.41) is 17.3. The zero-order valence-corrected chi connectivity index (χ0v) is 7.72. The molecule has 0 atom stereocenters. The number of hydrogen-bond donors (Lipinski definition) is 4. The van der Waals surface area contributed by atoms with Crippen molar-refractivity contribution in [2.45, 2.75) is 0 Å². The van der Waals surface area contributed by atoms with E-state index in [1.54, 1.807) is 12.1 Å². The van der Waals surface area contributed by atoms with Crippen molar-refractivity contribution in [2.24, 2.45) is 0 Å². The highest BCUT2D eigenvalue weighted by Gasteiger charge is 2.05. The number of phenols is 1. The second-order valence-electron chi connectivity index (χ2n) is 2.06. The number of rotatable bonds is 1. The number of aromatic carboxylic acids is 1. The molecule has 6 nitrogen and oxygen atoms in total. The van der Waals surface area contributed by atoms with Gasteiger partial charge in [-0.3, -0.25) is 4.55 Å². The Morgan fingerprint density at radius 2 is 1.64 bits per heavy atom. The summed E-state index contributed by atoms with van der Waals surface area (Å²) in [7, 11) is -3.12. The zero-order valence-electron chi connectivity index (χ0n) is 6.82. The molecule has 0 fully saturated rings. The first-order valence-corrected chi connectivity index (χ1v) is 4.42. The van der Waals surface area contributed by atoms with Crippen molar-refractivity contribution in [1.82, 2.24) is 0 Å². The molecule has 1 aromatic rings. The summed E-state index contributed by atoms with van der Waals surface area (Å²) < 4.78 is 24.2. The van der Waals surface area contributed by atoms with E-state index in [1.807, 2.05) is 0 Å². The fraction of sp³-hybridized carbons (Fsp3) is 0. The standard InChI is InChI=1S/C7H6O3.H2O3S/c8-6-4-2-1-3-5(6)7(9)10;1-4(2)3/h1-4,8H,(H,9,10);4H,(H,1,2,3). The molecule has 0 aliphatic heterocycles. The Labute approximate surface area is 81.2 Å². The lowest BCUT2D eigenvalue weighted by Gasteiger charge is -1.95. The predicted molar refractivity (Wildman–Crippen MR) is 48.0 cm³/mol. The van der Waals surface area contributed by atoms with Crippen molar-refractivity contribution < 1.29 is 28.0 Å². The largest absolute Gasteiger partial charge is 0.507 e. The third kappa shape index (κ3) is 5.12. The second kappa shape index (κ2) is 5.95. The lowest BCUT2D eigenvalue weighted by molar-refractivity contribution is 0.0693. The van der Waals surface area contributed by atoms with E-state index in [1.165, 1.54) is 12.1 Å². The van der Waals surface area contributed by atoms with Crippen LogP contribution in [-0.4, -0.2) is 29.2 Å². The quantitative estimate of drug-likeness (QED) is 0.396. The molecule has 0 spiro atoms. The molecular formula is C7H8O6S. The molecule has 0 aromatic heterocycles. The molecule has 0 unspecified atom stereocenters. The van der Waals surface area contributed by atoms with Crippen LogP contribution in [0.4, 0.5) is 0 Å². The average Bonchev–Trinajstić information content (AvgIpc) is 2.03. The lowest BCUT2D eigenvalue weighted by Crippen LogP contribution is -1.95. The molecule has 0 aliphatic rings. The van der Waals surface area contributed by atoms with Gasteiger partial charge in [-0.05, 0) is 12.1 Å². The Kier molecular flexibility index (Phi) is 5.27. The molecule has 1 rings (SSSR count). The molecule has 0 amide bonds. The Morgan fingerprint density at radius 1 is 1.21 bits per heavy atom. The minimum atomic E-state index is -3.12. The summed E-state index contributed by atoms with van der Waals surface area (Å²) >= 11 is 0. The number of hydrogen-bond acceptors (Lipinski definition) is 4. The molecule has 0 radical (unpaired) electrons. The van der Waals surface area contributed by atoms with Gasteiger partial charge >= 0.3 is 5.97 Å². The van der Waals surface area contributed by atoms with E-state index >= 15 is 0 Å². The van der Waals surface area contributed by atoms with Crippen LogP contribution in [-0.2, 0) is 11.0 Å². The molecule has 0 bridgehead atoms. The molecule has 0 saturated heterocycles. The maximum atomic E-state index is 10.3. The topological polar surface area (TPSA) is 112 Å². The van der Waals surface area contributed by atoms with Crippen LogP contribution in [0.2, 0.25) is 0 Å². The van der Waals surface area contributed by atoms with Crippen molar-refractivity contribution >= 4 is 17.0 Å². The van der Waals surface area contributed by atoms with E-state index in [9.17, 15) is 4.79 Å². The normalized spacial score (nSPS) is 9.00. The molecule has 78 valence electrons. The maximum Gasteiger partial charge on any atom is 0.339 e. The first kappa shape index (κ1) is 12.4. The summed E-state index contributed by atoms with van der Waals surface area (Å²) in [5.41, 5.74) is -0.0671. The van der Waals surface area contributed by atoms with Gasteiger partial charge in [-0.2, -0.15) is 0 Å². The van der Waals surface area contributed by atoms with Gasteiger partial charge in [0.1, 0.15) is 11.3 Å². The fourth-order valence-corrected chi connectivity index (χ4v) is 0.654. The summed E-state index contributed by atoms with van der Waals surface area (Å²) in [6, 6.07) is 5.81. The van der Waals surface area contributed by atoms with Gasteiger partial charge in [0, 0.05) is 0 Å². The smallest absolute Gasteiger partial charge is 0.339 e. The van der Waals surface area contributed by atoms with Crippen molar-refractivity contribution in [3.05, 3.63) is 29.8 Å². The van der Waals surface area contributed by atoms with Gasteiger partial charge in [0.25, 0.3) is 11.0 Å². The van der Waals surface area contributed by atoms with Gasteiger partial charge in [-0.15, -0.1) is 0 Å². The number of carboxylic acids is 1. The highest BCUT2D eigenvalue weighted by molar-refractivity contribution is 7.66. The van der Waals surface area contributed by atoms with Crippen LogP contribution in [0.1, 0.15) is 10.4 Å². The van der Waals surface area contributed by atoms with E-state index in [0.717, 1.165) is 0 Å². The molecule has 0 saturated carbocycles. The van der Waals surface area contributed by atoms with Crippen LogP contribution in [0.5, 0.6) is 5.75 Å². The van der Waals surface area contributed by atoms with Crippen molar-refractivity contribution in [2.75, 3.05) is 0 Å². The van der Waals surface area contributed by atoms with E-state index < -0.39 is 17.0 Å². The lowest BCUT2D eigenvalue weighted by atomic mass is 10.2. The SMILES string of the molecule is O=C(O)c1ccccc1O.O=[SH](=O)O. The summed E-state index contributed by atoms with van der Waals surface area (Å²) in [6.45, 7) is 0. The Balaban J connectivity index is 0.000000364. The van der Waals surface area contributed by atoms with Crippen LogP contribution in [0.3, 0.4) is 0 Å². The number of para-hydroxylation sites is 1. The van der Waals surface area contributed by atoms with E-state index in [2.05, 4.69) is 0 Å². The van der Waals surface area contributed by atoms with E-state index in [4.69, 9.17) is 23.2 Å². The third-order valence-corrected chi connectivity index (χ3v) is 1.13. The first-order valence-electron chi connectivity index (χ1n) is 3.29. The highest BCUT2D eigenvalue weighted by atomic mass is 32.2. The van der Waals surface area contributed by atoms with Gasteiger partial charge in [-0.1, -0.05) is 12.1 Å². The number of aromatic hydroxyl groups is 1. The molecule has 7 heteroatoms. The van der Waals surface area contributed by atoms with E-state index in [0.29, 0.717) is 0 Å². The minimum Gasteiger partial charge on any atom is -0.507 e. The van der Waals surface area contributed by atoms with Gasteiger partial charge in [0.2, 0.25) is 0 Å². The first-order chi connectivity index (χ1) is 6.45. The van der Waals surface area contributed by atoms with Crippen molar-refractivity contribution in [1.29, 1.82) is 0 Å². The van der Waals surface area contributed by atoms with Gasteiger partial charge in [-0.25, -0.2) is 13.2 Å². The second-order valence-corrected chi connectivity index (χ2v) is 2.54. The summed E-state index contributed by atoms with van der Waals surface area (Å²) in [5.74, 6) is -1.31. The summed E-state index contributed by atoms with van der Waals surface area (Å²) in [4.78, 5) is 10.3. The fourth-order valence-electron chi connectivity index (χ4n) is 0.654. The van der Waals surface area contributed by atoms with Crippen LogP contribution < -0.4 is 0 Å². The molecule has 3 N–H and O–H groups in total. The molecule has 0 aliphatic carbocycles. The monoisotopic (exact) mass is 220 g/mol. The Morgan fingerprint density at radius 3 is 1.93 bits per heavy atom. The molecular weight excluding hydrogens is 212 g/mol. The third-order valence-electron chi connectivity index (χ3n) is 1.13. The number of benzene rings is 1. The number of thiol groups is 1. The van der Waals surface area contributed by atoms with Gasteiger partial charge in [0.15, 0.2) is 0 Å². The summed E-state index contributed by atoms with van der Waals surface area (Å²) in [6.07, 6.45) is 0. The Bertz CT molecular complexity index is 376. The zero-order chi connectivity index (χ0) is 11.1.